The van der Waals surface area contributed by atoms with Crippen LogP contribution in [0, 0.1) is 17.8 Å². The van der Waals surface area contributed by atoms with Crippen molar-refractivity contribution in [1.82, 2.24) is 29.2 Å². The van der Waals surface area contributed by atoms with Crippen molar-refractivity contribution < 1.29 is 52.0 Å². The van der Waals surface area contributed by atoms with Gasteiger partial charge in [0.25, 0.3) is 5.67 Å². The van der Waals surface area contributed by atoms with Crippen molar-refractivity contribution in [3.05, 3.63) is 37.1 Å². The first-order chi connectivity index (χ1) is 29.5. The van der Waals surface area contributed by atoms with Crippen molar-refractivity contribution >= 4 is 29.5 Å². The number of hydrogen-bond acceptors (Lipinski definition) is 13. The number of alkyl halides is 1. The minimum Gasteiger partial charge on any atom is -0.457 e. The molecular weight excluding hydrogens is 816 g/mol. The Morgan fingerprint density at radius 3 is 2.33 bits per heavy atom. The predicted molar refractivity (Wildman–Crippen MR) is 231 cm³/mol. The largest absolute Gasteiger partial charge is 0.457 e. The molecule has 350 valence electrons. The van der Waals surface area contributed by atoms with Crippen LogP contribution in [0.2, 0.25) is 0 Å². The van der Waals surface area contributed by atoms with E-state index in [-0.39, 0.29) is 43.3 Å². The third-order valence-electron chi connectivity index (χ3n) is 13.9. The van der Waals surface area contributed by atoms with Crippen molar-refractivity contribution in [2.45, 2.75) is 161 Å². The number of rotatable bonds is 12. The van der Waals surface area contributed by atoms with Gasteiger partial charge in [0.15, 0.2) is 18.2 Å². The van der Waals surface area contributed by atoms with Crippen LogP contribution in [0.5, 0.6) is 0 Å². The summed E-state index contributed by atoms with van der Waals surface area (Å²) in [6.45, 7) is 15.1. The zero-order valence-corrected chi connectivity index (χ0v) is 39.3. The van der Waals surface area contributed by atoms with Gasteiger partial charge in [0.2, 0.25) is 0 Å². The molecule has 2 aromatic rings. The molecule has 2 aromatic heterocycles. The van der Waals surface area contributed by atoms with Gasteiger partial charge in [0.05, 0.1) is 47.5 Å². The Morgan fingerprint density at radius 2 is 1.73 bits per heavy atom. The van der Waals surface area contributed by atoms with Gasteiger partial charge < -0.3 is 43.0 Å². The molecule has 1 unspecified atom stereocenters. The molecule has 0 bridgehead atoms. The number of likely N-dealkylation sites (N-methyl/N-ethyl adjacent to an activating group) is 2. The number of Topliss-reactive ketones (excluding diaryl/α,β-unsaturated/α-hetero) is 2. The van der Waals surface area contributed by atoms with Crippen molar-refractivity contribution in [2.24, 2.45) is 17.8 Å². The van der Waals surface area contributed by atoms with E-state index >= 15 is 4.39 Å². The number of carbonyl (C=O) groups excluding carboxylic acids is 5. The lowest BCUT2D eigenvalue weighted by atomic mass is 9.72. The highest BCUT2D eigenvalue weighted by Gasteiger charge is 2.62. The maximum Gasteiger partial charge on any atom is 0.351 e. The molecule has 3 saturated heterocycles. The van der Waals surface area contributed by atoms with Gasteiger partial charge in [-0.1, -0.05) is 27.7 Å². The molecule has 13 atom stereocenters. The second-order valence-corrected chi connectivity index (χ2v) is 18.6. The number of pyridine rings is 1. The lowest BCUT2D eigenvalue weighted by Gasteiger charge is -2.48. The molecule has 3 aliphatic rings. The zero-order valence-electron chi connectivity index (χ0n) is 39.3. The maximum atomic E-state index is 17.2. The van der Waals surface area contributed by atoms with Crippen molar-refractivity contribution in [1.29, 1.82) is 0 Å². The summed E-state index contributed by atoms with van der Waals surface area (Å²) in [6, 6.07) is 2.26. The Kier molecular flexibility index (Phi) is 15.6. The highest BCUT2D eigenvalue weighted by molar-refractivity contribution is 6.08. The number of imidazole rings is 1. The first-order valence-corrected chi connectivity index (χ1v) is 22.2. The minimum absolute atomic E-state index is 0.00359. The van der Waals surface area contributed by atoms with E-state index in [0.29, 0.717) is 25.8 Å². The Hall–Kier alpha value is -4.32. The van der Waals surface area contributed by atoms with E-state index in [1.54, 1.807) is 65.3 Å². The second kappa shape index (κ2) is 19.8. The number of hydrogen-bond donors (Lipinski definition) is 0. The van der Waals surface area contributed by atoms with Gasteiger partial charge in [-0.05, 0) is 86.0 Å². The number of methoxy groups -OCH3 is 1. The van der Waals surface area contributed by atoms with E-state index in [2.05, 4.69) is 9.97 Å². The van der Waals surface area contributed by atoms with E-state index in [4.69, 9.17) is 23.7 Å². The number of cyclic esters (lactones) is 1. The number of carbonyl (C=O) groups is 5. The summed E-state index contributed by atoms with van der Waals surface area (Å²) in [7, 11) is 6.69. The monoisotopic (exact) mass is 885 g/mol. The molecule has 16 nitrogen and oxygen atoms in total. The van der Waals surface area contributed by atoms with Gasteiger partial charge in [0.1, 0.15) is 11.9 Å². The van der Waals surface area contributed by atoms with E-state index in [0.717, 1.165) is 18.2 Å². The second-order valence-electron chi connectivity index (χ2n) is 18.6. The van der Waals surface area contributed by atoms with Crippen LogP contribution in [0.3, 0.4) is 0 Å². The fraction of sp³-hybridized carbons (Fsp3) is 0.717. The third-order valence-corrected chi connectivity index (χ3v) is 13.9. The summed E-state index contributed by atoms with van der Waals surface area (Å²) in [6.07, 6.45) is 4.02. The number of halogens is 1. The number of amides is 2. The number of ketones is 2. The van der Waals surface area contributed by atoms with Crippen LogP contribution in [-0.2, 0) is 49.4 Å². The van der Waals surface area contributed by atoms with E-state index in [9.17, 15) is 24.0 Å². The number of unbranched alkanes of at least 4 members (excludes halogenated alkanes) is 1. The summed E-state index contributed by atoms with van der Waals surface area (Å²) < 4.78 is 50.1. The molecule has 0 aromatic carbocycles. The number of ether oxygens (including phenoxy) is 5. The highest BCUT2D eigenvalue weighted by Crippen LogP contribution is 2.44. The van der Waals surface area contributed by atoms with E-state index in [1.165, 1.54) is 25.9 Å². The number of aromatic nitrogens is 3. The first-order valence-electron chi connectivity index (χ1n) is 22.2. The molecule has 2 amide bonds. The summed E-state index contributed by atoms with van der Waals surface area (Å²) in [5, 5.41) is 0. The molecule has 0 saturated carbocycles. The molecule has 3 fully saturated rings. The Labute approximate surface area is 371 Å². The Bertz CT molecular complexity index is 1950. The third kappa shape index (κ3) is 10.0. The normalized spacial score (nSPS) is 36.0. The predicted octanol–water partition coefficient (Wildman–Crippen LogP) is 5.51. The molecular formula is C46H69FN6O10. The molecule has 3 aliphatic heterocycles. The summed E-state index contributed by atoms with van der Waals surface area (Å²) in [5.74, 6) is -6.26. The fourth-order valence-corrected chi connectivity index (χ4v) is 10.2. The highest BCUT2D eigenvalue weighted by atomic mass is 19.1. The summed E-state index contributed by atoms with van der Waals surface area (Å²) in [5.41, 5.74) is -4.28. The maximum absolute atomic E-state index is 17.2. The molecule has 63 heavy (non-hydrogen) atoms. The van der Waals surface area contributed by atoms with Gasteiger partial charge in [-0.2, -0.15) is 0 Å². The van der Waals surface area contributed by atoms with E-state index < -0.39 is 82.9 Å². The molecule has 0 radical (unpaired) electrons. The number of esters is 2. The molecule has 5 rings (SSSR count). The van der Waals surface area contributed by atoms with Gasteiger partial charge in [-0.15, -0.1) is 0 Å². The average molecular weight is 885 g/mol. The van der Waals surface area contributed by atoms with Gasteiger partial charge in [0, 0.05) is 76.1 Å². The smallest absolute Gasteiger partial charge is 0.351 e. The summed E-state index contributed by atoms with van der Waals surface area (Å²) in [4.78, 5) is 84.2. The van der Waals surface area contributed by atoms with Crippen LogP contribution in [0.25, 0.3) is 11.3 Å². The van der Waals surface area contributed by atoms with Crippen LogP contribution < -0.4 is 0 Å². The van der Waals surface area contributed by atoms with Crippen molar-refractivity contribution in [3.8, 4) is 11.3 Å². The van der Waals surface area contributed by atoms with Crippen LogP contribution in [0.4, 0.5) is 9.18 Å². The van der Waals surface area contributed by atoms with Crippen LogP contribution in [0.15, 0.2) is 37.1 Å². The lowest BCUT2D eigenvalue weighted by molar-refractivity contribution is -0.298. The quantitative estimate of drug-likeness (QED) is 0.149. The van der Waals surface area contributed by atoms with Crippen LogP contribution >= 0.6 is 0 Å². The Morgan fingerprint density at radius 1 is 1.05 bits per heavy atom. The van der Waals surface area contributed by atoms with Crippen molar-refractivity contribution in [3.63, 3.8) is 0 Å². The standard InChI is InChI=1S/C46H69FN6O10/c1-14-35-46(9)38(53(43(58)51(46)12)21-16-15-20-52-25-33(49-26-52)32-18-17-19-48-24-32)29(4)36(55)27(2)23-44(7,59-13)40(30(5)39(56)45(8,47)42(57)62-35)63-41-37(61-31(6)54)34(50(10)11)22-28(3)60-41/h17-19,24-30,34-35,37-38,40-41H,14-16,20-23H2,1-13H3/t27-,28-,29+,30+,34?,35-,37-,38-,40-,41+,44+,45+,46-/m1/s1. The molecule has 0 N–H and O–H groups in total. The molecule has 17 heteroatoms. The average Bonchev–Trinajstić information content (AvgIpc) is 3.79. The SMILES string of the molecule is CC[C@H]1OC(=O)[C@@](C)(F)C(=O)[C@H](C)[C@@H](O[C@@H]2O[C@H](C)CC(N(C)C)[C@H]2OC(C)=O)[C@@](C)(OC)C[C@@H](C)C(=O)[C@H](C)[C@H]2N(CCCCn3cnc(-c4cccnc4)c3)C(=O)N(C)[C@]12C. The van der Waals surface area contributed by atoms with Crippen molar-refractivity contribution in [2.75, 3.05) is 34.8 Å². The number of aryl methyl sites for hydroxylation is 1. The topological polar surface area (TPSA) is 172 Å². The first kappa shape index (κ1) is 49.7. The Balaban J connectivity index is 1.51. The van der Waals surface area contributed by atoms with Crippen LogP contribution in [-0.4, -0.2) is 153 Å². The van der Waals surface area contributed by atoms with Gasteiger partial charge >= 0.3 is 18.0 Å². The molecule has 0 aliphatic carbocycles. The van der Waals surface area contributed by atoms with Crippen LogP contribution in [0.1, 0.15) is 94.4 Å². The molecule has 0 spiro atoms. The van der Waals surface area contributed by atoms with E-state index in [1.807, 2.05) is 48.8 Å². The number of urea groups is 1. The lowest BCUT2D eigenvalue weighted by Crippen LogP contribution is -2.63. The summed E-state index contributed by atoms with van der Waals surface area (Å²) >= 11 is 0. The molecule has 5 heterocycles. The number of nitrogens with zero attached hydrogens (tertiary/aromatic N) is 6. The fourth-order valence-electron chi connectivity index (χ4n) is 10.2. The minimum atomic E-state index is -3.18. The van der Waals surface area contributed by atoms with Gasteiger partial charge in [-0.3, -0.25) is 19.4 Å². The van der Waals surface area contributed by atoms with Gasteiger partial charge in [-0.25, -0.2) is 19.0 Å². The zero-order chi connectivity index (χ0) is 46.8. The number of fused-ring (bicyclic) bond motifs is 1.